The van der Waals surface area contributed by atoms with E-state index in [0.717, 1.165) is 0 Å². The highest BCUT2D eigenvalue weighted by Crippen LogP contribution is 2.24. The van der Waals surface area contributed by atoms with E-state index in [0.29, 0.717) is 0 Å². The number of benzene rings is 1. The molecule has 8 heteroatoms. The van der Waals surface area contributed by atoms with Crippen molar-refractivity contribution in [3.8, 4) is 0 Å². The van der Waals surface area contributed by atoms with E-state index in [2.05, 4.69) is 0 Å². The maximum atomic E-state index is 12.0. The number of anilines is 1. The third kappa shape index (κ3) is 4.54. The van der Waals surface area contributed by atoms with Gasteiger partial charge in [0.15, 0.2) is 17.0 Å². The Bertz CT molecular complexity index is 556. The molecule has 0 fully saturated rings. The average molecular weight is 329 g/mol. The van der Waals surface area contributed by atoms with Crippen LogP contribution in [-0.4, -0.2) is 33.9 Å². The normalized spacial score (nSPS) is 12.0. The smallest absolute Gasteiger partial charge is 0.320 e. The Morgan fingerprint density at radius 1 is 1.23 bits per heavy atom. The van der Waals surface area contributed by atoms with E-state index < -0.39 is 28.9 Å². The molecule has 0 radical (unpaired) electrons. The third-order valence-electron chi connectivity index (χ3n) is 2.91. The summed E-state index contributed by atoms with van der Waals surface area (Å²) in [5.41, 5.74) is 6.29. The van der Waals surface area contributed by atoms with Crippen molar-refractivity contribution in [3.63, 3.8) is 0 Å². The number of carbonyl (C=O) groups excluding carboxylic acids is 2. The Hall–Kier alpha value is -1.93. The zero-order valence-corrected chi connectivity index (χ0v) is 13.2. The van der Waals surface area contributed by atoms with Crippen LogP contribution in [-0.2, 0) is 36.6 Å². The standard InChI is InChI=1S/C14H19NO6S/c1-3-20-13(16)10(14(17)21-4-2)8-9-11(15)6-5-7-12(9)22(18)19/h5-7,10H,3-4,8,15H2,1-2H3,(H,18,19). The first kappa shape index (κ1) is 18.1. The molecule has 0 amide bonds. The fraction of sp³-hybridized carbons (Fsp3) is 0.429. The average Bonchev–Trinajstić information content (AvgIpc) is 2.45. The number of carbonyl (C=O) groups is 2. The molecule has 122 valence electrons. The number of nitrogens with two attached hydrogens (primary N) is 1. The lowest BCUT2D eigenvalue weighted by atomic mass is 9.98. The van der Waals surface area contributed by atoms with E-state index in [-0.39, 0.29) is 35.8 Å². The highest BCUT2D eigenvalue weighted by molar-refractivity contribution is 7.79. The lowest BCUT2D eigenvalue weighted by Crippen LogP contribution is -2.30. The van der Waals surface area contributed by atoms with Crippen molar-refractivity contribution in [3.05, 3.63) is 23.8 Å². The van der Waals surface area contributed by atoms with Gasteiger partial charge >= 0.3 is 11.9 Å². The van der Waals surface area contributed by atoms with Gasteiger partial charge in [-0.05, 0) is 38.0 Å². The molecule has 0 saturated heterocycles. The second-order valence-corrected chi connectivity index (χ2v) is 5.27. The van der Waals surface area contributed by atoms with Gasteiger partial charge in [0.2, 0.25) is 0 Å². The van der Waals surface area contributed by atoms with Crippen LogP contribution in [0.4, 0.5) is 5.69 Å². The van der Waals surface area contributed by atoms with Gasteiger partial charge in [-0.2, -0.15) is 0 Å². The van der Waals surface area contributed by atoms with Crippen LogP contribution in [0.25, 0.3) is 0 Å². The van der Waals surface area contributed by atoms with Gasteiger partial charge in [-0.1, -0.05) is 6.07 Å². The summed E-state index contributed by atoms with van der Waals surface area (Å²) < 4.78 is 30.4. The Kier molecular flexibility index (Phi) is 7.00. The highest BCUT2D eigenvalue weighted by atomic mass is 32.2. The van der Waals surface area contributed by atoms with Gasteiger partial charge in [0.25, 0.3) is 0 Å². The van der Waals surface area contributed by atoms with E-state index in [1.807, 2.05) is 0 Å². The minimum absolute atomic E-state index is 0.0543. The molecule has 0 saturated carbocycles. The summed E-state index contributed by atoms with van der Waals surface area (Å²) in [5.74, 6) is -2.73. The molecule has 1 aromatic rings. The molecule has 0 aliphatic rings. The number of rotatable bonds is 7. The van der Waals surface area contributed by atoms with Crippen LogP contribution in [0, 0.1) is 5.92 Å². The van der Waals surface area contributed by atoms with Crippen molar-refractivity contribution >= 4 is 28.7 Å². The van der Waals surface area contributed by atoms with Crippen molar-refractivity contribution < 1.29 is 27.8 Å². The summed E-state index contributed by atoms with van der Waals surface area (Å²) in [6, 6.07) is 4.46. The summed E-state index contributed by atoms with van der Waals surface area (Å²) in [6.45, 7) is 3.45. The van der Waals surface area contributed by atoms with Crippen LogP contribution in [0.3, 0.4) is 0 Å². The molecule has 7 nitrogen and oxygen atoms in total. The first-order chi connectivity index (χ1) is 10.4. The van der Waals surface area contributed by atoms with E-state index in [1.54, 1.807) is 13.8 Å². The molecule has 1 rings (SSSR count). The second-order valence-electron chi connectivity index (χ2n) is 4.33. The molecular formula is C14H19NO6S. The van der Waals surface area contributed by atoms with Crippen molar-refractivity contribution in [1.29, 1.82) is 0 Å². The van der Waals surface area contributed by atoms with Crippen molar-refractivity contribution in [2.75, 3.05) is 18.9 Å². The number of hydrogen-bond donors (Lipinski definition) is 2. The summed E-state index contributed by atoms with van der Waals surface area (Å²) in [5, 5.41) is 0. The molecule has 0 aliphatic carbocycles. The van der Waals surface area contributed by atoms with Crippen LogP contribution < -0.4 is 5.73 Å². The van der Waals surface area contributed by atoms with Crippen LogP contribution in [0.5, 0.6) is 0 Å². The van der Waals surface area contributed by atoms with E-state index in [9.17, 15) is 18.4 Å². The largest absolute Gasteiger partial charge is 0.465 e. The monoisotopic (exact) mass is 329 g/mol. The van der Waals surface area contributed by atoms with Gasteiger partial charge < -0.3 is 19.8 Å². The number of hydrogen-bond acceptors (Lipinski definition) is 6. The predicted molar refractivity (Wildman–Crippen MR) is 80.4 cm³/mol. The van der Waals surface area contributed by atoms with Crippen molar-refractivity contribution in [2.45, 2.75) is 25.2 Å². The minimum atomic E-state index is -2.29. The van der Waals surface area contributed by atoms with Gasteiger partial charge in [0, 0.05) is 5.69 Å². The number of esters is 2. The topological polar surface area (TPSA) is 116 Å². The highest BCUT2D eigenvalue weighted by Gasteiger charge is 2.31. The quantitative estimate of drug-likeness (QED) is 0.333. The molecular weight excluding hydrogens is 310 g/mol. The Morgan fingerprint density at radius 2 is 1.77 bits per heavy atom. The van der Waals surface area contributed by atoms with Gasteiger partial charge in [-0.3, -0.25) is 9.59 Å². The predicted octanol–water partition coefficient (Wildman–Crippen LogP) is 1.13. The van der Waals surface area contributed by atoms with E-state index in [4.69, 9.17) is 15.2 Å². The van der Waals surface area contributed by atoms with Crippen LogP contribution >= 0.6 is 0 Å². The van der Waals surface area contributed by atoms with Crippen molar-refractivity contribution in [2.24, 2.45) is 5.92 Å². The third-order valence-corrected chi connectivity index (χ3v) is 3.67. The van der Waals surface area contributed by atoms with E-state index in [1.165, 1.54) is 18.2 Å². The molecule has 1 unspecified atom stereocenters. The zero-order chi connectivity index (χ0) is 16.7. The summed E-state index contributed by atoms with van der Waals surface area (Å²) >= 11 is -2.29. The molecule has 3 N–H and O–H groups in total. The molecule has 0 heterocycles. The zero-order valence-electron chi connectivity index (χ0n) is 12.4. The fourth-order valence-electron chi connectivity index (χ4n) is 1.92. The number of nitrogen functional groups attached to an aromatic ring is 1. The van der Waals surface area contributed by atoms with E-state index >= 15 is 0 Å². The lowest BCUT2D eigenvalue weighted by molar-refractivity contribution is -0.161. The Morgan fingerprint density at radius 3 is 2.23 bits per heavy atom. The molecule has 0 spiro atoms. The SMILES string of the molecule is CCOC(=O)C(Cc1c(N)cccc1S(=O)O)C(=O)OCC. The van der Waals surface area contributed by atoms with Crippen LogP contribution in [0.15, 0.2) is 23.1 Å². The van der Waals surface area contributed by atoms with Crippen molar-refractivity contribution in [1.82, 2.24) is 0 Å². The Balaban J connectivity index is 3.16. The first-order valence-electron chi connectivity index (χ1n) is 6.73. The van der Waals surface area contributed by atoms with Gasteiger partial charge in [-0.15, -0.1) is 0 Å². The number of ether oxygens (including phenoxy) is 2. The van der Waals surface area contributed by atoms with Gasteiger partial charge in [-0.25, -0.2) is 4.21 Å². The van der Waals surface area contributed by atoms with Crippen LogP contribution in [0.1, 0.15) is 19.4 Å². The maximum absolute atomic E-state index is 12.0. The van der Waals surface area contributed by atoms with Crippen LogP contribution in [0.2, 0.25) is 0 Å². The molecule has 1 aromatic carbocycles. The lowest BCUT2D eigenvalue weighted by Gasteiger charge is -2.17. The Labute approximate surface area is 131 Å². The molecule has 0 aromatic heterocycles. The minimum Gasteiger partial charge on any atom is -0.465 e. The fourth-order valence-corrected chi connectivity index (χ4v) is 2.52. The molecule has 0 bridgehead atoms. The second kappa shape index (κ2) is 8.50. The summed E-state index contributed by atoms with van der Waals surface area (Å²) in [4.78, 5) is 24.0. The molecule has 0 aliphatic heterocycles. The van der Waals surface area contributed by atoms with Gasteiger partial charge in [0.1, 0.15) is 0 Å². The molecule has 1 atom stereocenters. The first-order valence-corrected chi connectivity index (χ1v) is 7.84. The van der Waals surface area contributed by atoms with Gasteiger partial charge in [0.05, 0.1) is 18.1 Å². The summed E-state index contributed by atoms with van der Waals surface area (Å²) in [6.07, 6.45) is -0.161. The maximum Gasteiger partial charge on any atom is 0.320 e. The molecule has 22 heavy (non-hydrogen) atoms. The summed E-state index contributed by atoms with van der Waals surface area (Å²) in [7, 11) is 0.